The van der Waals surface area contributed by atoms with Crippen LogP contribution in [-0.4, -0.2) is 5.37 Å². The lowest BCUT2D eigenvalue weighted by Gasteiger charge is -2.05. The maximum atomic E-state index is 12.0. The molecule has 0 atom stereocenters. The molecule has 0 aromatic heterocycles. The van der Waals surface area contributed by atoms with Crippen molar-refractivity contribution in [1.29, 1.82) is 0 Å². The van der Waals surface area contributed by atoms with Crippen LogP contribution < -0.4 is 0 Å². The van der Waals surface area contributed by atoms with Crippen LogP contribution in [0.5, 0.6) is 0 Å². The van der Waals surface area contributed by atoms with Crippen molar-refractivity contribution < 1.29 is 13.2 Å². The molecule has 0 N–H and O–H groups in total. The van der Waals surface area contributed by atoms with Crippen molar-refractivity contribution in [1.82, 2.24) is 0 Å². The van der Waals surface area contributed by atoms with Crippen molar-refractivity contribution in [2.24, 2.45) is 0 Å². The second kappa shape index (κ2) is 3.23. The van der Waals surface area contributed by atoms with Crippen LogP contribution >= 0.6 is 12.2 Å². The van der Waals surface area contributed by atoms with Crippen molar-refractivity contribution in [2.75, 3.05) is 0 Å². The molecule has 63 valence electrons. The third kappa shape index (κ3) is 2.04. The Labute approximate surface area is 73.0 Å². The zero-order valence-electron chi connectivity index (χ0n) is 5.85. The molecule has 0 saturated carbocycles. The van der Waals surface area contributed by atoms with Gasteiger partial charge in [-0.2, -0.15) is 13.2 Å². The zero-order valence-corrected chi connectivity index (χ0v) is 6.67. The monoisotopic (exact) mass is 189 g/mol. The van der Waals surface area contributed by atoms with E-state index in [1.807, 2.05) is 0 Å². The van der Waals surface area contributed by atoms with Crippen molar-refractivity contribution in [3.05, 3.63) is 35.4 Å². The largest absolute Gasteiger partial charge is 0.416 e. The van der Waals surface area contributed by atoms with Crippen LogP contribution in [0.25, 0.3) is 0 Å². The van der Waals surface area contributed by atoms with E-state index >= 15 is 0 Å². The number of rotatable bonds is 1. The molecular weight excluding hydrogens is 185 g/mol. The summed E-state index contributed by atoms with van der Waals surface area (Å²) in [6.07, 6.45) is -4.28. The molecule has 12 heavy (non-hydrogen) atoms. The summed E-state index contributed by atoms with van der Waals surface area (Å²) in [5.41, 5.74) is -0.186. The summed E-state index contributed by atoms with van der Waals surface area (Å²) >= 11 is 4.42. The first-order valence-electron chi connectivity index (χ1n) is 3.09. The highest BCUT2D eigenvalue weighted by Crippen LogP contribution is 2.28. The van der Waals surface area contributed by atoms with Gasteiger partial charge in [-0.3, -0.25) is 0 Å². The molecule has 0 unspecified atom stereocenters. The Morgan fingerprint density at radius 3 is 1.92 bits per heavy atom. The second-order valence-corrected chi connectivity index (χ2v) is 2.38. The number of halogens is 3. The molecule has 1 aromatic rings. The van der Waals surface area contributed by atoms with Crippen molar-refractivity contribution in [3.8, 4) is 0 Å². The van der Waals surface area contributed by atoms with E-state index in [4.69, 9.17) is 0 Å². The molecule has 0 fully saturated rings. The number of thiocarbonyl (C=S) groups is 1. The Kier molecular flexibility index (Phi) is 2.47. The van der Waals surface area contributed by atoms with Crippen LogP contribution in [0.2, 0.25) is 0 Å². The lowest BCUT2D eigenvalue weighted by Crippen LogP contribution is -2.04. The van der Waals surface area contributed by atoms with E-state index in [-0.39, 0.29) is 0 Å². The first-order chi connectivity index (χ1) is 5.54. The van der Waals surface area contributed by atoms with E-state index < -0.39 is 11.7 Å². The maximum absolute atomic E-state index is 12.0. The highest BCUT2D eigenvalue weighted by atomic mass is 32.1. The number of hydrogen-bond donors (Lipinski definition) is 0. The predicted molar refractivity (Wildman–Crippen MR) is 43.1 cm³/mol. The Morgan fingerprint density at radius 2 is 1.58 bits per heavy atom. The highest BCUT2D eigenvalue weighted by Gasteiger charge is 2.29. The molecular formula is C8H4F3S. The summed E-state index contributed by atoms with van der Waals surface area (Å²) in [5, 5.41) is 2.32. The van der Waals surface area contributed by atoms with Gasteiger partial charge in [0.15, 0.2) is 0 Å². The molecule has 0 aliphatic rings. The minimum Gasteiger partial charge on any atom is -0.166 e. The van der Waals surface area contributed by atoms with Crippen molar-refractivity contribution >= 4 is 17.6 Å². The topological polar surface area (TPSA) is 0 Å². The van der Waals surface area contributed by atoms with Crippen LogP contribution in [0.3, 0.4) is 0 Å². The summed E-state index contributed by atoms with van der Waals surface area (Å²) < 4.78 is 35.9. The van der Waals surface area contributed by atoms with E-state index in [0.29, 0.717) is 5.56 Å². The summed E-state index contributed by atoms with van der Waals surface area (Å²) in [6.45, 7) is 0. The molecule has 1 rings (SSSR count). The third-order valence-electron chi connectivity index (χ3n) is 1.33. The molecule has 0 aliphatic heterocycles. The fourth-order valence-electron chi connectivity index (χ4n) is 0.727. The fraction of sp³-hybridized carbons (Fsp3) is 0.125. The Hall–Kier alpha value is -0.900. The molecule has 0 aliphatic carbocycles. The van der Waals surface area contributed by atoms with Gasteiger partial charge in [-0.15, -0.1) is 0 Å². The second-order valence-electron chi connectivity index (χ2n) is 2.18. The number of alkyl halides is 3. The summed E-state index contributed by atoms with van der Waals surface area (Å²) in [6, 6.07) is 4.54. The standard InChI is InChI=1S/C8H4F3S/c9-8(10,11)7-3-1-6(5-12)2-4-7/h1-4H. The molecule has 1 aromatic carbocycles. The van der Waals surface area contributed by atoms with Gasteiger partial charge in [-0.05, 0) is 17.7 Å². The minimum atomic E-state index is -4.28. The zero-order chi connectivity index (χ0) is 9.19. The average Bonchev–Trinajstić information content (AvgIpc) is 2.03. The Balaban J connectivity index is 3.00. The van der Waals surface area contributed by atoms with Gasteiger partial charge in [0.25, 0.3) is 0 Å². The van der Waals surface area contributed by atoms with E-state index in [1.165, 1.54) is 12.1 Å². The van der Waals surface area contributed by atoms with Gasteiger partial charge in [0, 0.05) is 0 Å². The molecule has 0 saturated heterocycles. The molecule has 4 heteroatoms. The van der Waals surface area contributed by atoms with E-state index in [1.54, 1.807) is 0 Å². The first-order valence-corrected chi connectivity index (χ1v) is 3.50. The minimum absolute atomic E-state index is 0.484. The molecule has 1 radical (unpaired) electrons. The molecule has 0 amide bonds. The van der Waals surface area contributed by atoms with Crippen molar-refractivity contribution in [2.45, 2.75) is 6.18 Å². The van der Waals surface area contributed by atoms with Crippen LogP contribution in [0, 0.1) is 0 Å². The first kappa shape index (κ1) is 9.19. The average molecular weight is 189 g/mol. The Bertz CT molecular complexity index is 273. The summed E-state index contributed by atoms with van der Waals surface area (Å²) in [5.74, 6) is 0. The van der Waals surface area contributed by atoms with Gasteiger partial charge < -0.3 is 0 Å². The lowest BCUT2D eigenvalue weighted by molar-refractivity contribution is -0.137. The van der Waals surface area contributed by atoms with Gasteiger partial charge >= 0.3 is 6.18 Å². The molecule has 0 bridgehead atoms. The Morgan fingerprint density at radius 1 is 1.08 bits per heavy atom. The summed E-state index contributed by atoms with van der Waals surface area (Å²) in [4.78, 5) is 0. The van der Waals surface area contributed by atoms with Crippen LogP contribution in [-0.2, 0) is 6.18 Å². The predicted octanol–water partition coefficient (Wildman–Crippen LogP) is 2.93. The molecule has 0 spiro atoms. The van der Waals surface area contributed by atoms with Gasteiger partial charge in [-0.25, -0.2) is 0 Å². The molecule has 0 nitrogen and oxygen atoms in total. The van der Waals surface area contributed by atoms with Gasteiger partial charge in [0.05, 0.1) is 10.9 Å². The van der Waals surface area contributed by atoms with E-state index in [0.717, 1.165) is 12.1 Å². The lowest BCUT2D eigenvalue weighted by atomic mass is 10.1. The number of benzene rings is 1. The van der Waals surface area contributed by atoms with E-state index in [9.17, 15) is 13.2 Å². The SMILES string of the molecule is FC(F)(F)c1ccc([C]=S)cc1. The molecule has 0 heterocycles. The van der Waals surface area contributed by atoms with Crippen LogP contribution in [0.15, 0.2) is 24.3 Å². The maximum Gasteiger partial charge on any atom is 0.416 e. The smallest absolute Gasteiger partial charge is 0.166 e. The van der Waals surface area contributed by atoms with E-state index in [2.05, 4.69) is 17.6 Å². The highest BCUT2D eigenvalue weighted by molar-refractivity contribution is 7.79. The summed E-state index contributed by atoms with van der Waals surface area (Å²) in [7, 11) is 0. The van der Waals surface area contributed by atoms with Crippen LogP contribution in [0.1, 0.15) is 11.1 Å². The van der Waals surface area contributed by atoms with Crippen LogP contribution in [0.4, 0.5) is 13.2 Å². The number of hydrogen-bond acceptors (Lipinski definition) is 1. The third-order valence-corrected chi connectivity index (χ3v) is 1.57. The quantitative estimate of drug-likeness (QED) is 0.612. The van der Waals surface area contributed by atoms with Crippen molar-refractivity contribution in [3.63, 3.8) is 0 Å². The van der Waals surface area contributed by atoms with Gasteiger partial charge in [-0.1, -0.05) is 24.4 Å². The fourth-order valence-corrected chi connectivity index (χ4v) is 0.863. The normalized spacial score (nSPS) is 11.2. The van der Waals surface area contributed by atoms with Gasteiger partial charge in [0.1, 0.15) is 0 Å². The van der Waals surface area contributed by atoms with Gasteiger partial charge in [0.2, 0.25) is 0 Å².